The summed E-state index contributed by atoms with van der Waals surface area (Å²) in [6.07, 6.45) is 9.83. The Morgan fingerprint density at radius 2 is 1.96 bits per heavy atom. The number of nitrogens with zero attached hydrogens (tertiary/aromatic N) is 1. The SMILES string of the molecule is C=CCn1c(=S)[nH]c2cc(C(=O)NC3CCCCCCC3)ccc2c1=O. The third-order valence-electron chi connectivity index (χ3n) is 5.00. The van der Waals surface area contributed by atoms with Crippen LogP contribution in [0.3, 0.4) is 0 Å². The number of allylic oxidation sites excluding steroid dienone is 1. The Balaban J connectivity index is 1.85. The molecule has 1 aromatic heterocycles. The van der Waals surface area contributed by atoms with Crippen LogP contribution in [0.5, 0.6) is 0 Å². The summed E-state index contributed by atoms with van der Waals surface area (Å²) in [4.78, 5) is 28.2. The summed E-state index contributed by atoms with van der Waals surface area (Å²) in [5.41, 5.74) is 0.965. The molecular formula is C20H25N3O2S. The predicted octanol–water partition coefficient (Wildman–Crippen LogP) is 4.09. The Labute approximate surface area is 158 Å². The first-order valence-corrected chi connectivity index (χ1v) is 9.69. The number of aromatic amines is 1. The number of amides is 1. The number of fused-ring (bicyclic) bond motifs is 1. The Morgan fingerprint density at radius 3 is 2.65 bits per heavy atom. The molecule has 0 spiro atoms. The molecular weight excluding hydrogens is 346 g/mol. The van der Waals surface area contributed by atoms with Crippen LogP contribution in [0.25, 0.3) is 10.9 Å². The van der Waals surface area contributed by atoms with Gasteiger partial charge < -0.3 is 10.3 Å². The highest BCUT2D eigenvalue weighted by Gasteiger charge is 2.16. The number of hydrogen-bond donors (Lipinski definition) is 2. The molecule has 0 radical (unpaired) electrons. The number of carbonyl (C=O) groups is 1. The fourth-order valence-corrected chi connectivity index (χ4v) is 3.83. The summed E-state index contributed by atoms with van der Waals surface area (Å²) in [5, 5.41) is 3.67. The quantitative estimate of drug-likeness (QED) is 0.628. The fraction of sp³-hybridized carbons (Fsp3) is 0.450. The van der Waals surface area contributed by atoms with Crippen molar-refractivity contribution in [3.05, 3.63) is 51.5 Å². The minimum absolute atomic E-state index is 0.0907. The highest BCUT2D eigenvalue weighted by atomic mass is 32.1. The van der Waals surface area contributed by atoms with Crippen LogP contribution in [0.1, 0.15) is 55.3 Å². The normalized spacial score (nSPS) is 16.0. The van der Waals surface area contributed by atoms with Crippen LogP contribution in [-0.4, -0.2) is 21.5 Å². The Bertz CT molecular complexity index is 921. The summed E-state index contributed by atoms with van der Waals surface area (Å²) in [6.45, 7) is 4.01. The number of carbonyl (C=O) groups excluding carboxylic acids is 1. The molecule has 1 heterocycles. The maximum Gasteiger partial charge on any atom is 0.262 e. The first-order valence-electron chi connectivity index (χ1n) is 9.29. The van der Waals surface area contributed by atoms with E-state index in [9.17, 15) is 9.59 Å². The summed E-state index contributed by atoms with van der Waals surface area (Å²) in [6, 6.07) is 5.34. The monoisotopic (exact) mass is 371 g/mol. The Hall–Kier alpha value is -2.21. The highest BCUT2D eigenvalue weighted by molar-refractivity contribution is 7.71. The van der Waals surface area contributed by atoms with Gasteiger partial charge in [-0.05, 0) is 43.3 Å². The van der Waals surface area contributed by atoms with Crippen molar-refractivity contribution in [2.24, 2.45) is 0 Å². The van der Waals surface area contributed by atoms with Gasteiger partial charge in [-0.25, -0.2) is 0 Å². The molecule has 0 saturated heterocycles. The molecule has 0 aliphatic heterocycles. The third-order valence-corrected chi connectivity index (χ3v) is 5.32. The molecule has 1 aliphatic rings. The zero-order chi connectivity index (χ0) is 18.5. The standard InChI is InChI=1S/C20H25N3O2S/c1-2-12-23-19(25)16-11-10-14(13-17(16)22-20(23)26)18(24)21-15-8-6-4-3-5-7-9-15/h2,10-11,13,15H,1,3-9,12H2,(H,21,24)(H,22,26). The first-order chi connectivity index (χ1) is 12.6. The lowest BCUT2D eigenvalue weighted by atomic mass is 9.96. The zero-order valence-electron chi connectivity index (χ0n) is 14.9. The largest absolute Gasteiger partial charge is 0.349 e. The van der Waals surface area contributed by atoms with Crippen LogP contribution >= 0.6 is 12.2 Å². The van der Waals surface area contributed by atoms with E-state index in [0.717, 1.165) is 12.8 Å². The van der Waals surface area contributed by atoms with Crippen LogP contribution in [0, 0.1) is 4.77 Å². The van der Waals surface area contributed by atoms with Crippen molar-refractivity contribution < 1.29 is 4.79 Å². The third kappa shape index (κ3) is 4.12. The number of rotatable bonds is 4. The van der Waals surface area contributed by atoms with Gasteiger partial charge in [-0.15, -0.1) is 6.58 Å². The van der Waals surface area contributed by atoms with Crippen molar-refractivity contribution in [1.29, 1.82) is 0 Å². The smallest absolute Gasteiger partial charge is 0.262 e. The van der Waals surface area contributed by atoms with E-state index in [1.165, 1.54) is 36.7 Å². The van der Waals surface area contributed by atoms with Crippen molar-refractivity contribution in [3.8, 4) is 0 Å². The molecule has 1 aromatic carbocycles. The lowest BCUT2D eigenvalue weighted by Gasteiger charge is -2.21. The minimum Gasteiger partial charge on any atom is -0.349 e. The lowest BCUT2D eigenvalue weighted by molar-refractivity contribution is 0.0930. The maximum absolute atomic E-state index is 12.6. The van der Waals surface area contributed by atoms with Gasteiger partial charge in [0.1, 0.15) is 0 Å². The average molecular weight is 372 g/mol. The topological polar surface area (TPSA) is 66.9 Å². The molecule has 26 heavy (non-hydrogen) atoms. The number of H-pyrrole nitrogens is 1. The van der Waals surface area contributed by atoms with Crippen molar-refractivity contribution in [3.63, 3.8) is 0 Å². The molecule has 1 saturated carbocycles. The zero-order valence-corrected chi connectivity index (χ0v) is 15.7. The molecule has 0 bridgehead atoms. The molecule has 1 amide bonds. The Kier molecular flexibility index (Phi) is 6.04. The second-order valence-corrected chi connectivity index (χ2v) is 7.30. The van der Waals surface area contributed by atoms with Gasteiger partial charge in [0.25, 0.3) is 11.5 Å². The highest BCUT2D eigenvalue weighted by Crippen LogP contribution is 2.18. The van der Waals surface area contributed by atoms with Crippen LogP contribution in [0.2, 0.25) is 0 Å². The van der Waals surface area contributed by atoms with E-state index in [-0.39, 0.29) is 17.5 Å². The number of benzene rings is 1. The molecule has 1 fully saturated rings. The van der Waals surface area contributed by atoms with Gasteiger partial charge in [-0.1, -0.05) is 38.2 Å². The van der Waals surface area contributed by atoms with Gasteiger partial charge >= 0.3 is 0 Å². The number of hydrogen-bond acceptors (Lipinski definition) is 3. The molecule has 2 aromatic rings. The summed E-state index contributed by atoms with van der Waals surface area (Å²) >= 11 is 5.26. The van der Waals surface area contributed by atoms with E-state index >= 15 is 0 Å². The molecule has 1 aliphatic carbocycles. The van der Waals surface area contributed by atoms with Gasteiger partial charge in [0.2, 0.25) is 0 Å². The fourth-order valence-electron chi connectivity index (χ4n) is 3.56. The van der Waals surface area contributed by atoms with Gasteiger partial charge in [0.05, 0.1) is 10.9 Å². The second kappa shape index (κ2) is 8.45. The molecule has 0 atom stereocenters. The Morgan fingerprint density at radius 1 is 1.27 bits per heavy atom. The maximum atomic E-state index is 12.6. The van der Waals surface area contributed by atoms with Gasteiger partial charge in [-0.2, -0.15) is 0 Å². The van der Waals surface area contributed by atoms with Gasteiger partial charge in [0, 0.05) is 18.2 Å². The van der Waals surface area contributed by atoms with E-state index in [0.29, 0.717) is 27.8 Å². The molecule has 5 nitrogen and oxygen atoms in total. The number of aromatic nitrogens is 2. The van der Waals surface area contributed by atoms with Gasteiger partial charge in [-0.3, -0.25) is 14.2 Å². The van der Waals surface area contributed by atoms with Crippen LogP contribution in [0.4, 0.5) is 0 Å². The van der Waals surface area contributed by atoms with Crippen LogP contribution in [0.15, 0.2) is 35.6 Å². The minimum atomic E-state index is -0.171. The summed E-state index contributed by atoms with van der Waals surface area (Å²) in [5.74, 6) is -0.0907. The van der Waals surface area contributed by atoms with E-state index in [1.54, 1.807) is 24.3 Å². The molecule has 2 N–H and O–H groups in total. The summed E-state index contributed by atoms with van der Waals surface area (Å²) < 4.78 is 1.79. The second-order valence-electron chi connectivity index (χ2n) is 6.91. The molecule has 0 unspecified atom stereocenters. The van der Waals surface area contributed by atoms with E-state index in [2.05, 4.69) is 16.9 Å². The average Bonchev–Trinajstić information content (AvgIpc) is 2.60. The van der Waals surface area contributed by atoms with Crippen molar-refractivity contribution in [1.82, 2.24) is 14.9 Å². The number of nitrogens with one attached hydrogen (secondary N) is 2. The molecule has 3 rings (SSSR count). The lowest BCUT2D eigenvalue weighted by Crippen LogP contribution is -2.35. The van der Waals surface area contributed by atoms with E-state index < -0.39 is 0 Å². The van der Waals surface area contributed by atoms with Crippen molar-refractivity contribution in [2.45, 2.75) is 57.5 Å². The van der Waals surface area contributed by atoms with Crippen molar-refractivity contribution in [2.75, 3.05) is 0 Å². The van der Waals surface area contributed by atoms with Gasteiger partial charge in [0.15, 0.2) is 4.77 Å². The molecule has 6 heteroatoms. The predicted molar refractivity (Wildman–Crippen MR) is 107 cm³/mol. The van der Waals surface area contributed by atoms with Crippen molar-refractivity contribution >= 4 is 29.0 Å². The van der Waals surface area contributed by atoms with E-state index in [4.69, 9.17) is 12.2 Å². The van der Waals surface area contributed by atoms with Crippen LogP contribution in [-0.2, 0) is 6.54 Å². The van der Waals surface area contributed by atoms with E-state index in [1.807, 2.05) is 0 Å². The summed E-state index contributed by atoms with van der Waals surface area (Å²) in [7, 11) is 0. The molecule has 138 valence electrons. The van der Waals surface area contributed by atoms with Crippen LogP contribution < -0.4 is 10.9 Å². The first kappa shape index (κ1) is 18.6.